The van der Waals surface area contributed by atoms with Gasteiger partial charge in [0.1, 0.15) is 11.4 Å². The minimum absolute atomic E-state index is 0.368. The zero-order valence-corrected chi connectivity index (χ0v) is 12.5. The van der Waals surface area contributed by atoms with Crippen molar-refractivity contribution in [1.29, 1.82) is 0 Å². The summed E-state index contributed by atoms with van der Waals surface area (Å²) in [5.74, 6) is -0.368. The highest BCUT2D eigenvalue weighted by atomic mass is 19.1. The molecule has 1 N–H and O–H groups in total. The first-order chi connectivity index (χ1) is 9.72. The van der Waals surface area contributed by atoms with Crippen molar-refractivity contribution in [1.82, 2.24) is 4.90 Å². The van der Waals surface area contributed by atoms with Gasteiger partial charge in [-0.15, -0.1) is 0 Å². The number of carbonyl (C=O) groups excluding carboxylic acids is 1. The van der Waals surface area contributed by atoms with Crippen LogP contribution in [0, 0.1) is 11.2 Å². The molecular formula is C16H20FNO3. The number of benzene rings is 1. The van der Waals surface area contributed by atoms with Crippen LogP contribution >= 0.6 is 0 Å². The highest BCUT2D eigenvalue weighted by Gasteiger charge is 2.56. The van der Waals surface area contributed by atoms with Gasteiger partial charge in [0.25, 0.3) is 0 Å². The number of carbonyl (C=O) groups is 1. The molecule has 2 aliphatic rings. The summed E-state index contributed by atoms with van der Waals surface area (Å²) in [6.07, 6.45) is -0.635. The van der Waals surface area contributed by atoms with Crippen LogP contribution in [0.15, 0.2) is 18.2 Å². The number of fused-ring (bicyclic) bond motifs is 1. The average molecular weight is 293 g/mol. The molecule has 0 aromatic heterocycles. The number of amides is 1. The molecule has 1 spiro atoms. The van der Waals surface area contributed by atoms with Gasteiger partial charge in [0.05, 0.1) is 6.10 Å². The molecule has 21 heavy (non-hydrogen) atoms. The van der Waals surface area contributed by atoms with E-state index in [9.17, 15) is 14.3 Å². The topological polar surface area (TPSA) is 49.8 Å². The predicted octanol–water partition coefficient (Wildman–Crippen LogP) is 2.65. The van der Waals surface area contributed by atoms with E-state index in [0.29, 0.717) is 25.1 Å². The van der Waals surface area contributed by atoms with Crippen LogP contribution in [0.3, 0.4) is 0 Å². The van der Waals surface area contributed by atoms with Crippen LogP contribution in [0.25, 0.3) is 0 Å². The first kappa shape index (κ1) is 14.3. The van der Waals surface area contributed by atoms with E-state index in [2.05, 4.69) is 0 Å². The quantitative estimate of drug-likeness (QED) is 0.800. The number of aliphatic hydroxyl groups excluding tert-OH is 1. The lowest BCUT2D eigenvalue weighted by atomic mass is 9.75. The Labute approximate surface area is 123 Å². The van der Waals surface area contributed by atoms with Crippen LogP contribution in [0.2, 0.25) is 0 Å². The van der Waals surface area contributed by atoms with Gasteiger partial charge in [0.15, 0.2) is 0 Å². The van der Waals surface area contributed by atoms with Crippen LogP contribution in [-0.4, -0.2) is 34.8 Å². The molecule has 0 bridgehead atoms. The Kier molecular flexibility index (Phi) is 3.03. The van der Waals surface area contributed by atoms with E-state index in [1.165, 1.54) is 6.07 Å². The molecule has 5 heteroatoms. The Balaban J connectivity index is 1.72. The highest BCUT2D eigenvalue weighted by molar-refractivity contribution is 5.70. The van der Waals surface area contributed by atoms with E-state index in [1.54, 1.807) is 11.0 Å². The molecule has 1 saturated heterocycles. The summed E-state index contributed by atoms with van der Waals surface area (Å²) < 4.78 is 19.2. The van der Waals surface area contributed by atoms with E-state index in [-0.39, 0.29) is 11.9 Å². The lowest BCUT2D eigenvalue weighted by Crippen LogP contribution is -2.61. The van der Waals surface area contributed by atoms with E-state index in [0.717, 1.165) is 5.56 Å². The van der Waals surface area contributed by atoms with Crippen molar-refractivity contribution >= 4 is 6.09 Å². The Hall–Kier alpha value is -1.62. The number of halogens is 1. The number of rotatable bonds is 0. The maximum atomic E-state index is 13.9. The standard InChI is InChI=1S/C16H20FNO3/c1-15(2,3)21-14(20)18-8-16(9-18)7-10-5-4-6-11(17)12(10)13(16)19/h4-6,13,19H,7-9H2,1-3H3. The van der Waals surface area contributed by atoms with Gasteiger partial charge < -0.3 is 14.7 Å². The van der Waals surface area contributed by atoms with Gasteiger partial charge >= 0.3 is 6.09 Å². The van der Waals surface area contributed by atoms with Crippen LogP contribution in [0.1, 0.15) is 38.0 Å². The molecule has 1 aliphatic heterocycles. The first-order valence-electron chi connectivity index (χ1n) is 7.15. The van der Waals surface area contributed by atoms with Crippen molar-refractivity contribution in [3.63, 3.8) is 0 Å². The predicted molar refractivity (Wildman–Crippen MR) is 75.3 cm³/mol. The van der Waals surface area contributed by atoms with Gasteiger partial charge in [-0.2, -0.15) is 0 Å². The fourth-order valence-corrected chi connectivity index (χ4v) is 3.28. The normalized spacial score (nSPS) is 22.9. The van der Waals surface area contributed by atoms with Crippen LogP contribution in [-0.2, 0) is 11.2 Å². The third kappa shape index (κ3) is 2.29. The summed E-state index contributed by atoms with van der Waals surface area (Å²) in [4.78, 5) is 13.5. The Morgan fingerprint density at radius 2 is 2.10 bits per heavy atom. The van der Waals surface area contributed by atoms with Gasteiger partial charge in [-0.25, -0.2) is 9.18 Å². The molecule has 0 saturated carbocycles. The van der Waals surface area contributed by atoms with Gasteiger partial charge in [-0.05, 0) is 38.8 Å². The van der Waals surface area contributed by atoms with Crippen molar-refractivity contribution in [2.45, 2.75) is 38.9 Å². The summed E-state index contributed by atoms with van der Waals surface area (Å²) in [6.45, 7) is 6.25. The zero-order valence-electron chi connectivity index (χ0n) is 12.5. The average Bonchev–Trinajstić information content (AvgIpc) is 2.59. The SMILES string of the molecule is CC(C)(C)OC(=O)N1CC2(Cc3cccc(F)c3C2O)C1. The molecule has 1 heterocycles. The second-order valence-corrected chi connectivity index (χ2v) is 7.09. The Morgan fingerprint density at radius 1 is 1.43 bits per heavy atom. The molecular weight excluding hydrogens is 273 g/mol. The summed E-state index contributed by atoms with van der Waals surface area (Å²) in [5.41, 5.74) is 0.234. The van der Waals surface area contributed by atoms with Crippen molar-refractivity contribution in [2.24, 2.45) is 5.41 Å². The fraction of sp³-hybridized carbons (Fsp3) is 0.562. The third-order valence-corrected chi connectivity index (χ3v) is 4.20. The van der Waals surface area contributed by atoms with E-state index >= 15 is 0 Å². The maximum Gasteiger partial charge on any atom is 0.410 e. The smallest absolute Gasteiger partial charge is 0.410 e. The van der Waals surface area contributed by atoms with Crippen molar-refractivity contribution in [3.05, 3.63) is 35.1 Å². The molecule has 114 valence electrons. The summed E-state index contributed by atoms with van der Waals surface area (Å²) in [6, 6.07) is 4.86. The highest BCUT2D eigenvalue weighted by Crippen LogP contribution is 2.52. The number of ether oxygens (including phenoxy) is 1. The van der Waals surface area contributed by atoms with Crippen molar-refractivity contribution in [3.8, 4) is 0 Å². The Bertz CT molecular complexity index is 588. The molecule has 1 amide bonds. The second kappa shape index (κ2) is 4.44. The van der Waals surface area contributed by atoms with Crippen LogP contribution in [0.5, 0.6) is 0 Å². The lowest BCUT2D eigenvalue weighted by Gasteiger charge is -2.49. The fourth-order valence-electron chi connectivity index (χ4n) is 3.28. The lowest BCUT2D eigenvalue weighted by molar-refractivity contribution is -0.0866. The van der Waals surface area contributed by atoms with E-state index < -0.39 is 17.1 Å². The van der Waals surface area contributed by atoms with Gasteiger partial charge in [0, 0.05) is 24.1 Å². The number of hydrogen-bond donors (Lipinski definition) is 1. The van der Waals surface area contributed by atoms with Crippen molar-refractivity contribution < 1.29 is 19.0 Å². The summed E-state index contributed by atoms with van der Waals surface area (Å²) in [7, 11) is 0. The van der Waals surface area contributed by atoms with Gasteiger partial charge in [-0.1, -0.05) is 12.1 Å². The maximum absolute atomic E-state index is 13.9. The zero-order chi connectivity index (χ0) is 15.4. The molecule has 1 aliphatic carbocycles. The molecule has 1 atom stereocenters. The molecule has 1 fully saturated rings. The number of nitrogens with zero attached hydrogens (tertiary/aromatic N) is 1. The molecule has 0 radical (unpaired) electrons. The molecule has 1 aromatic rings. The van der Waals surface area contributed by atoms with Gasteiger partial charge in [-0.3, -0.25) is 0 Å². The van der Waals surface area contributed by atoms with E-state index in [4.69, 9.17) is 4.74 Å². The number of likely N-dealkylation sites (tertiary alicyclic amines) is 1. The summed E-state index contributed by atoms with van der Waals surface area (Å²) >= 11 is 0. The minimum atomic E-state index is -0.854. The third-order valence-electron chi connectivity index (χ3n) is 4.20. The number of aliphatic hydroxyl groups is 1. The molecule has 3 rings (SSSR count). The van der Waals surface area contributed by atoms with Crippen LogP contribution < -0.4 is 0 Å². The second-order valence-electron chi connectivity index (χ2n) is 7.09. The van der Waals surface area contributed by atoms with Gasteiger partial charge in [0.2, 0.25) is 0 Å². The molecule has 1 unspecified atom stereocenters. The number of hydrogen-bond acceptors (Lipinski definition) is 3. The summed E-state index contributed by atoms with van der Waals surface area (Å²) in [5, 5.41) is 10.4. The first-order valence-corrected chi connectivity index (χ1v) is 7.15. The molecule has 4 nitrogen and oxygen atoms in total. The van der Waals surface area contributed by atoms with E-state index in [1.807, 2.05) is 26.8 Å². The largest absolute Gasteiger partial charge is 0.444 e. The van der Waals surface area contributed by atoms with Crippen LogP contribution in [0.4, 0.5) is 9.18 Å². The monoisotopic (exact) mass is 293 g/mol. The minimum Gasteiger partial charge on any atom is -0.444 e. The molecule has 1 aromatic carbocycles. The van der Waals surface area contributed by atoms with Crippen molar-refractivity contribution in [2.75, 3.05) is 13.1 Å². The Morgan fingerprint density at radius 3 is 2.67 bits per heavy atom.